The molecule has 2 heterocycles. The monoisotopic (exact) mass is 449 g/mol. The summed E-state index contributed by atoms with van der Waals surface area (Å²) >= 11 is 1.65. The van der Waals surface area contributed by atoms with Crippen molar-refractivity contribution in [3.8, 4) is 0 Å². The van der Waals surface area contributed by atoms with Gasteiger partial charge in [-0.1, -0.05) is 24.3 Å². The smallest absolute Gasteiger partial charge is 0.339 e. The maximum Gasteiger partial charge on any atom is 0.339 e. The maximum atomic E-state index is 13.1. The van der Waals surface area contributed by atoms with Gasteiger partial charge in [-0.15, -0.1) is 11.3 Å². The van der Waals surface area contributed by atoms with Gasteiger partial charge in [-0.25, -0.2) is 14.6 Å². The highest BCUT2D eigenvalue weighted by Crippen LogP contribution is 2.38. The first-order valence-electron chi connectivity index (χ1n) is 10.4. The first-order chi connectivity index (χ1) is 15.4. The van der Waals surface area contributed by atoms with Gasteiger partial charge in [0, 0.05) is 16.3 Å². The molecule has 164 valence electrons. The number of imide groups is 1. The number of thiophene rings is 1. The number of carbonyl (C=O) groups is 3. The van der Waals surface area contributed by atoms with Crippen molar-refractivity contribution < 1.29 is 19.1 Å². The molecule has 0 atom stereocenters. The molecule has 1 aliphatic rings. The first kappa shape index (κ1) is 21.7. The third-order valence-corrected chi connectivity index (χ3v) is 5.83. The van der Waals surface area contributed by atoms with Crippen molar-refractivity contribution in [1.29, 1.82) is 0 Å². The Morgan fingerprint density at radius 2 is 1.97 bits per heavy atom. The number of carbonyl (C=O) groups excluding carboxylic acids is 3. The summed E-state index contributed by atoms with van der Waals surface area (Å²) in [7, 11) is 0. The first-order valence-corrected chi connectivity index (χ1v) is 11.2. The number of fused-ring (bicyclic) bond motifs is 2. The second-order valence-electron chi connectivity index (χ2n) is 7.77. The molecule has 0 bridgehead atoms. The number of hydrogen-bond acceptors (Lipinski definition) is 6. The summed E-state index contributed by atoms with van der Waals surface area (Å²) in [5.41, 5.74) is 3.82. The standard InChI is InChI=1S/C24H23N3O4S/c1-14(2)25-24(30)27-20(28)13-31-23(29)21-17-7-3-4-8-19(17)26-22-15(9-10-18(21)22)12-16-6-5-11-32-16/h3-8,11-12,14H,9-10,13H2,1-2H3,(H2,25,27,28,30). The molecule has 3 amide bonds. The lowest BCUT2D eigenvalue weighted by atomic mass is 10.0. The number of ether oxygens (including phenoxy) is 1. The van der Waals surface area contributed by atoms with E-state index in [2.05, 4.69) is 16.7 Å². The molecule has 4 rings (SSSR count). The average Bonchev–Trinajstić information content (AvgIpc) is 3.40. The van der Waals surface area contributed by atoms with Crippen molar-refractivity contribution in [1.82, 2.24) is 15.6 Å². The van der Waals surface area contributed by atoms with Crippen molar-refractivity contribution in [3.63, 3.8) is 0 Å². The fraction of sp³-hybridized carbons (Fsp3) is 0.250. The Hall–Kier alpha value is -3.52. The van der Waals surface area contributed by atoms with Crippen LogP contribution in [-0.2, 0) is 16.0 Å². The van der Waals surface area contributed by atoms with E-state index in [1.54, 1.807) is 25.2 Å². The molecule has 1 aromatic carbocycles. The van der Waals surface area contributed by atoms with Gasteiger partial charge in [-0.3, -0.25) is 10.1 Å². The molecule has 32 heavy (non-hydrogen) atoms. The van der Waals surface area contributed by atoms with E-state index < -0.39 is 24.5 Å². The summed E-state index contributed by atoms with van der Waals surface area (Å²) in [5.74, 6) is -1.29. The van der Waals surface area contributed by atoms with Crippen molar-refractivity contribution in [3.05, 3.63) is 63.5 Å². The number of hydrogen-bond donors (Lipinski definition) is 2. The van der Waals surface area contributed by atoms with Gasteiger partial charge < -0.3 is 10.1 Å². The number of para-hydroxylation sites is 1. The van der Waals surface area contributed by atoms with Crippen LogP contribution in [0.3, 0.4) is 0 Å². The number of urea groups is 1. The van der Waals surface area contributed by atoms with Gasteiger partial charge in [0.25, 0.3) is 5.91 Å². The topological polar surface area (TPSA) is 97.4 Å². The SMILES string of the molecule is CC(C)NC(=O)NC(=O)COC(=O)c1c2c(nc3ccccc13)C(=Cc1cccs1)CC2. The highest BCUT2D eigenvalue weighted by Gasteiger charge is 2.28. The Kier molecular flexibility index (Phi) is 6.32. The molecule has 0 saturated heterocycles. The number of benzene rings is 1. The van der Waals surface area contributed by atoms with E-state index in [1.807, 2.05) is 41.8 Å². The van der Waals surface area contributed by atoms with Crippen LogP contribution in [0.25, 0.3) is 22.6 Å². The van der Waals surface area contributed by atoms with Crippen molar-refractivity contribution >= 4 is 51.8 Å². The van der Waals surface area contributed by atoms with Crippen LogP contribution in [0, 0.1) is 0 Å². The minimum atomic E-state index is -0.690. The van der Waals surface area contributed by atoms with Crippen molar-refractivity contribution in [2.75, 3.05) is 6.61 Å². The minimum absolute atomic E-state index is 0.118. The summed E-state index contributed by atoms with van der Waals surface area (Å²) < 4.78 is 5.29. The number of nitrogens with zero attached hydrogens (tertiary/aromatic N) is 1. The van der Waals surface area contributed by atoms with Gasteiger partial charge in [0.1, 0.15) is 0 Å². The quantitative estimate of drug-likeness (QED) is 0.570. The maximum absolute atomic E-state index is 13.1. The molecule has 0 spiro atoms. The lowest BCUT2D eigenvalue weighted by molar-refractivity contribution is -0.123. The van der Waals surface area contributed by atoms with Gasteiger partial charge in [-0.2, -0.15) is 0 Å². The molecule has 0 saturated carbocycles. The van der Waals surface area contributed by atoms with E-state index in [4.69, 9.17) is 9.72 Å². The second kappa shape index (κ2) is 9.32. The van der Waals surface area contributed by atoms with Gasteiger partial charge in [-0.05, 0) is 61.4 Å². The summed E-state index contributed by atoms with van der Waals surface area (Å²) in [6, 6.07) is 10.7. The minimum Gasteiger partial charge on any atom is -0.452 e. The predicted molar refractivity (Wildman–Crippen MR) is 124 cm³/mol. The van der Waals surface area contributed by atoms with E-state index in [0.29, 0.717) is 22.9 Å². The molecule has 8 heteroatoms. The fourth-order valence-electron chi connectivity index (χ4n) is 3.72. The van der Waals surface area contributed by atoms with Crippen LogP contribution in [0.2, 0.25) is 0 Å². The number of rotatable bonds is 5. The zero-order valence-corrected chi connectivity index (χ0v) is 18.6. The Morgan fingerprint density at radius 1 is 1.16 bits per heavy atom. The molecular formula is C24H23N3O4S. The Morgan fingerprint density at radius 3 is 2.72 bits per heavy atom. The van der Waals surface area contributed by atoms with Gasteiger partial charge in [0.15, 0.2) is 6.61 Å². The highest BCUT2D eigenvalue weighted by molar-refractivity contribution is 7.10. The molecule has 2 N–H and O–H groups in total. The van der Waals surface area contributed by atoms with Crippen molar-refractivity contribution in [2.45, 2.75) is 32.7 Å². The highest BCUT2D eigenvalue weighted by atomic mass is 32.1. The number of esters is 1. The fourth-order valence-corrected chi connectivity index (χ4v) is 4.40. The van der Waals surface area contributed by atoms with Crippen LogP contribution < -0.4 is 10.6 Å². The van der Waals surface area contributed by atoms with Gasteiger partial charge in [0.2, 0.25) is 0 Å². The normalized spacial score (nSPS) is 13.9. The van der Waals surface area contributed by atoms with E-state index in [1.165, 1.54) is 0 Å². The van der Waals surface area contributed by atoms with Crippen LogP contribution in [0.5, 0.6) is 0 Å². The Bertz CT molecular complexity index is 1220. The zero-order chi connectivity index (χ0) is 22.7. The number of amides is 3. The lowest BCUT2D eigenvalue weighted by Gasteiger charge is -2.13. The number of nitrogens with one attached hydrogen (secondary N) is 2. The number of aromatic nitrogens is 1. The van der Waals surface area contributed by atoms with Gasteiger partial charge >= 0.3 is 12.0 Å². The van der Waals surface area contributed by atoms with E-state index >= 15 is 0 Å². The van der Waals surface area contributed by atoms with Crippen LogP contribution >= 0.6 is 11.3 Å². The molecular weight excluding hydrogens is 426 g/mol. The molecule has 3 aromatic rings. The zero-order valence-electron chi connectivity index (χ0n) is 17.8. The third-order valence-electron chi connectivity index (χ3n) is 5.01. The average molecular weight is 450 g/mol. The summed E-state index contributed by atoms with van der Waals surface area (Å²) in [6.45, 7) is 3.01. The Labute approximate surface area is 189 Å². The summed E-state index contributed by atoms with van der Waals surface area (Å²) in [4.78, 5) is 42.7. The Balaban J connectivity index is 1.60. The van der Waals surface area contributed by atoms with Crippen LogP contribution in [-0.4, -0.2) is 35.5 Å². The molecule has 0 fully saturated rings. The van der Waals surface area contributed by atoms with Gasteiger partial charge in [0.05, 0.1) is 16.8 Å². The lowest BCUT2D eigenvalue weighted by Crippen LogP contribution is -2.44. The van der Waals surface area contributed by atoms with Crippen LogP contribution in [0.15, 0.2) is 41.8 Å². The molecule has 1 aliphatic carbocycles. The summed E-state index contributed by atoms with van der Waals surface area (Å²) in [5, 5.41) is 7.41. The number of pyridine rings is 1. The van der Waals surface area contributed by atoms with Crippen LogP contribution in [0.4, 0.5) is 4.79 Å². The molecule has 2 aromatic heterocycles. The largest absolute Gasteiger partial charge is 0.452 e. The molecule has 0 radical (unpaired) electrons. The summed E-state index contributed by atoms with van der Waals surface area (Å²) in [6.07, 6.45) is 3.54. The molecule has 0 unspecified atom stereocenters. The molecule has 0 aliphatic heterocycles. The van der Waals surface area contributed by atoms with E-state index in [9.17, 15) is 14.4 Å². The third kappa shape index (κ3) is 4.70. The number of allylic oxidation sites excluding steroid dienone is 1. The predicted octanol–water partition coefficient (Wildman–Crippen LogP) is 4.17. The van der Waals surface area contributed by atoms with E-state index in [-0.39, 0.29) is 6.04 Å². The second-order valence-corrected chi connectivity index (χ2v) is 8.75. The van der Waals surface area contributed by atoms with E-state index in [0.717, 1.165) is 28.1 Å². The van der Waals surface area contributed by atoms with Crippen molar-refractivity contribution in [2.24, 2.45) is 0 Å². The molecule has 7 nitrogen and oxygen atoms in total. The van der Waals surface area contributed by atoms with Crippen LogP contribution in [0.1, 0.15) is 46.8 Å².